The summed E-state index contributed by atoms with van der Waals surface area (Å²) >= 11 is 0. The molecule has 0 spiro atoms. The minimum Gasteiger partial charge on any atom is -0.313 e. The van der Waals surface area contributed by atoms with Crippen molar-refractivity contribution >= 4 is 0 Å². The van der Waals surface area contributed by atoms with Crippen molar-refractivity contribution in [2.75, 3.05) is 7.05 Å². The molecule has 5 nitrogen and oxygen atoms in total. The third-order valence-corrected chi connectivity index (χ3v) is 2.02. The van der Waals surface area contributed by atoms with Gasteiger partial charge in [-0.2, -0.15) is 0 Å². The van der Waals surface area contributed by atoms with E-state index in [0.29, 0.717) is 12.4 Å². The molecule has 2 rings (SSSR count). The van der Waals surface area contributed by atoms with Gasteiger partial charge in [-0.1, -0.05) is 12.1 Å². The van der Waals surface area contributed by atoms with E-state index in [4.69, 9.17) is 0 Å². The summed E-state index contributed by atoms with van der Waals surface area (Å²) in [6.07, 6.45) is 0. The first-order valence-corrected chi connectivity index (χ1v) is 4.80. The van der Waals surface area contributed by atoms with Gasteiger partial charge in [0.15, 0.2) is 5.82 Å². The Morgan fingerprint density at radius 1 is 1.40 bits per heavy atom. The van der Waals surface area contributed by atoms with Crippen LogP contribution in [-0.2, 0) is 6.54 Å². The molecule has 78 valence electrons. The van der Waals surface area contributed by atoms with Crippen LogP contribution < -0.4 is 5.32 Å². The van der Waals surface area contributed by atoms with Gasteiger partial charge >= 0.3 is 0 Å². The van der Waals surface area contributed by atoms with Crippen LogP contribution in [0, 0.1) is 6.92 Å². The lowest BCUT2D eigenvalue weighted by Crippen LogP contribution is -2.07. The monoisotopic (exact) mass is 203 g/mol. The van der Waals surface area contributed by atoms with Crippen molar-refractivity contribution in [2.45, 2.75) is 13.5 Å². The van der Waals surface area contributed by atoms with Crippen LogP contribution in [0.2, 0.25) is 0 Å². The van der Waals surface area contributed by atoms with Crippen LogP contribution in [-0.4, -0.2) is 27.3 Å². The summed E-state index contributed by atoms with van der Waals surface area (Å²) in [5.74, 6) is 0.694. The van der Waals surface area contributed by atoms with Crippen LogP contribution in [0.5, 0.6) is 0 Å². The topological polar surface area (TPSA) is 55.6 Å². The summed E-state index contributed by atoms with van der Waals surface area (Å²) in [7, 11) is 1.85. The molecule has 0 radical (unpaired) electrons. The van der Waals surface area contributed by atoms with Gasteiger partial charge in [0.25, 0.3) is 0 Å². The van der Waals surface area contributed by atoms with Gasteiger partial charge in [-0.15, -0.1) is 15.0 Å². The third kappa shape index (κ3) is 2.19. The molecular weight excluding hydrogens is 190 g/mol. The number of nitrogens with zero attached hydrogens (tertiary/aromatic N) is 4. The highest BCUT2D eigenvalue weighted by atomic mass is 15.6. The van der Waals surface area contributed by atoms with Gasteiger partial charge in [-0.05, 0) is 36.9 Å². The van der Waals surface area contributed by atoms with Crippen molar-refractivity contribution < 1.29 is 0 Å². The maximum absolute atomic E-state index is 4.24. The van der Waals surface area contributed by atoms with Gasteiger partial charge in [0.1, 0.15) is 0 Å². The smallest absolute Gasteiger partial charge is 0.188 e. The molecule has 0 aliphatic rings. The van der Waals surface area contributed by atoms with Gasteiger partial charge in [0.05, 0.1) is 12.2 Å². The molecule has 0 aliphatic carbocycles. The van der Waals surface area contributed by atoms with Crippen LogP contribution in [0.3, 0.4) is 0 Å². The summed E-state index contributed by atoms with van der Waals surface area (Å²) in [5, 5.41) is 15.1. The largest absolute Gasteiger partial charge is 0.313 e. The molecule has 2 aromatic rings. The Bertz CT molecular complexity index is 449. The van der Waals surface area contributed by atoms with Crippen molar-refractivity contribution in [3.05, 3.63) is 35.7 Å². The second-order valence-electron chi connectivity index (χ2n) is 3.36. The summed E-state index contributed by atoms with van der Waals surface area (Å²) in [6.45, 7) is 2.67. The molecule has 0 atom stereocenters. The molecule has 0 unspecified atom stereocenters. The lowest BCUT2D eigenvalue weighted by molar-refractivity contribution is 0.711. The van der Waals surface area contributed by atoms with E-state index in [0.717, 1.165) is 5.69 Å². The maximum Gasteiger partial charge on any atom is 0.188 e. The first kappa shape index (κ1) is 9.79. The number of nitrogens with one attached hydrogen (secondary N) is 1. The van der Waals surface area contributed by atoms with Crippen molar-refractivity contribution in [1.29, 1.82) is 0 Å². The van der Waals surface area contributed by atoms with E-state index < -0.39 is 0 Å². The molecule has 1 N–H and O–H groups in total. The fraction of sp³-hybridized carbons (Fsp3) is 0.300. The number of aryl methyl sites for hydroxylation is 1. The molecule has 0 aliphatic heterocycles. The summed E-state index contributed by atoms with van der Waals surface area (Å²) in [4.78, 5) is 1.54. The predicted molar refractivity (Wildman–Crippen MR) is 56.7 cm³/mol. The Morgan fingerprint density at radius 2 is 2.27 bits per heavy atom. The highest BCUT2D eigenvalue weighted by Gasteiger charge is 2.03. The molecule has 1 aromatic heterocycles. The van der Waals surface area contributed by atoms with Crippen molar-refractivity contribution in [1.82, 2.24) is 25.5 Å². The number of hydrogen-bond donors (Lipinski definition) is 1. The normalized spacial score (nSPS) is 10.5. The standard InChI is InChI=1S/C10H13N5/c1-8-4-3-5-9(6-8)15-13-10(7-11-2)12-14-15/h3-6,11H,7H2,1-2H3. The summed E-state index contributed by atoms with van der Waals surface area (Å²) < 4.78 is 0. The zero-order valence-electron chi connectivity index (χ0n) is 8.81. The molecule has 15 heavy (non-hydrogen) atoms. The molecular formula is C10H13N5. The second-order valence-corrected chi connectivity index (χ2v) is 3.36. The first-order chi connectivity index (χ1) is 7.29. The molecule has 0 amide bonds. The first-order valence-electron chi connectivity index (χ1n) is 4.80. The number of hydrogen-bond acceptors (Lipinski definition) is 4. The van der Waals surface area contributed by atoms with Gasteiger partial charge in [-0.25, -0.2) is 0 Å². The van der Waals surface area contributed by atoms with E-state index in [9.17, 15) is 0 Å². The van der Waals surface area contributed by atoms with Crippen molar-refractivity contribution in [2.24, 2.45) is 0 Å². The van der Waals surface area contributed by atoms with E-state index in [1.54, 1.807) is 4.80 Å². The fourth-order valence-corrected chi connectivity index (χ4v) is 1.33. The number of aromatic nitrogens is 4. The van der Waals surface area contributed by atoms with Crippen LogP contribution in [0.4, 0.5) is 0 Å². The summed E-state index contributed by atoms with van der Waals surface area (Å²) in [6, 6.07) is 7.99. The molecule has 0 saturated heterocycles. The minimum atomic E-state index is 0.631. The van der Waals surface area contributed by atoms with Gasteiger partial charge in [0.2, 0.25) is 0 Å². The average Bonchev–Trinajstić information content (AvgIpc) is 2.67. The van der Waals surface area contributed by atoms with Gasteiger partial charge in [-0.3, -0.25) is 0 Å². The van der Waals surface area contributed by atoms with Crippen LogP contribution in [0.25, 0.3) is 5.69 Å². The molecule has 5 heteroatoms. The van der Waals surface area contributed by atoms with E-state index in [1.165, 1.54) is 5.56 Å². The van der Waals surface area contributed by atoms with E-state index in [2.05, 4.69) is 20.7 Å². The predicted octanol–water partition coefficient (Wildman–Crippen LogP) is 0.690. The minimum absolute atomic E-state index is 0.631. The Balaban J connectivity index is 2.29. The quantitative estimate of drug-likeness (QED) is 0.797. The van der Waals surface area contributed by atoms with Gasteiger partial charge < -0.3 is 5.32 Å². The Labute approximate surface area is 88.1 Å². The van der Waals surface area contributed by atoms with Crippen LogP contribution in [0.1, 0.15) is 11.4 Å². The Hall–Kier alpha value is -1.75. The lowest BCUT2D eigenvalue weighted by atomic mass is 10.2. The molecule has 0 fully saturated rings. The maximum atomic E-state index is 4.24. The summed E-state index contributed by atoms with van der Waals surface area (Å²) in [5.41, 5.74) is 2.12. The lowest BCUT2D eigenvalue weighted by Gasteiger charge is -1.98. The zero-order chi connectivity index (χ0) is 10.7. The highest BCUT2D eigenvalue weighted by molar-refractivity contribution is 5.32. The van der Waals surface area contributed by atoms with Crippen LogP contribution in [0.15, 0.2) is 24.3 Å². The fourth-order valence-electron chi connectivity index (χ4n) is 1.33. The van der Waals surface area contributed by atoms with E-state index in [-0.39, 0.29) is 0 Å². The highest BCUT2D eigenvalue weighted by Crippen LogP contribution is 2.06. The second kappa shape index (κ2) is 4.18. The molecule has 1 aromatic carbocycles. The molecule has 0 bridgehead atoms. The number of rotatable bonds is 3. The number of tetrazole rings is 1. The van der Waals surface area contributed by atoms with Crippen molar-refractivity contribution in [3.63, 3.8) is 0 Å². The average molecular weight is 203 g/mol. The van der Waals surface area contributed by atoms with E-state index in [1.807, 2.05) is 38.2 Å². The van der Waals surface area contributed by atoms with Gasteiger partial charge in [0, 0.05) is 0 Å². The Morgan fingerprint density at radius 3 is 3.00 bits per heavy atom. The zero-order valence-corrected chi connectivity index (χ0v) is 8.81. The Kier molecular flexibility index (Phi) is 2.73. The van der Waals surface area contributed by atoms with Crippen molar-refractivity contribution in [3.8, 4) is 5.69 Å². The third-order valence-electron chi connectivity index (χ3n) is 2.02. The van der Waals surface area contributed by atoms with E-state index >= 15 is 0 Å². The van der Waals surface area contributed by atoms with Crippen LogP contribution >= 0.6 is 0 Å². The number of benzene rings is 1. The molecule has 0 saturated carbocycles. The molecule has 1 heterocycles. The SMILES string of the molecule is CNCc1nnn(-c2cccc(C)c2)n1.